The minimum Gasteiger partial charge on any atom is -0.505 e. The molecule has 0 bridgehead atoms. The maximum Gasteiger partial charge on any atom is 0.339 e. The van der Waals surface area contributed by atoms with Crippen molar-refractivity contribution in [2.75, 3.05) is 0 Å². The zero-order valence-corrected chi connectivity index (χ0v) is 11.5. The molecule has 0 saturated carbocycles. The van der Waals surface area contributed by atoms with Crippen molar-refractivity contribution in [3.05, 3.63) is 58.1 Å². The molecule has 0 fully saturated rings. The fourth-order valence-electron chi connectivity index (χ4n) is 1.67. The Morgan fingerprint density at radius 3 is 2.50 bits per heavy atom. The molecule has 2 N–H and O–H groups in total. The van der Waals surface area contributed by atoms with Crippen LogP contribution in [0, 0.1) is 6.92 Å². The van der Waals surface area contributed by atoms with E-state index in [0.717, 1.165) is 11.1 Å². The first-order chi connectivity index (χ1) is 9.47. The van der Waals surface area contributed by atoms with E-state index < -0.39 is 11.7 Å². The Balaban J connectivity index is 2.17. The molecule has 0 spiro atoms. The maximum absolute atomic E-state index is 11.0. The summed E-state index contributed by atoms with van der Waals surface area (Å²) < 4.78 is 5.50. The minimum absolute atomic E-state index is 0.0520. The standard InChI is InChI=1S/C15H13ClO4/c1-9-2-4-10(5-3-9)8-20-11-6-12(15(18)19)14(17)13(16)7-11/h2-7,17H,8H2,1H3,(H,18,19). The number of hydrogen-bond donors (Lipinski definition) is 2. The Morgan fingerprint density at radius 2 is 1.90 bits per heavy atom. The average Bonchev–Trinajstić information content (AvgIpc) is 2.41. The van der Waals surface area contributed by atoms with Crippen LogP contribution in [0.15, 0.2) is 36.4 Å². The monoisotopic (exact) mass is 292 g/mol. The van der Waals surface area contributed by atoms with Crippen LogP contribution >= 0.6 is 11.6 Å². The van der Waals surface area contributed by atoms with Crippen LogP contribution in [-0.2, 0) is 6.61 Å². The predicted molar refractivity (Wildman–Crippen MR) is 75.6 cm³/mol. The molecule has 2 aromatic carbocycles. The lowest BCUT2D eigenvalue weighted by atomic mass is 10.1. The van der Waals surface area contributed by atoms with Crippen molar-refractivity contribution in [2.45, 2.75) is 13.5 Å². The Labute approximate surface area is 121 Å². The topological polar surface area (TPSA) is 66.8 Å². The SMILES string of the molecule is Cc1ccc(COc2cc(Cl)c(O)c(C(=O)O)c2)cc1. The average molecular weight is 293 g/mol. The molecule has 5 heteroatoms. The molecule has 2 aromatic rings. The van der Waals surface area contributed by atoms with E-state index in [0.29, 0.717) is 12.4 Å². The van der Waals surface area contributed by atoms with Gasteiger partial charge in [-0.1, -0.05) is 41.4 Å². The van der Waals surface area contributed by atoms with Gasteiger partial charge in [-0.25, -0.2) is 4.79 Å². The van der Waals surface area contributed by atoms with Crippen LogP contribution in [-0.4, -0.2) is 16.2 Å². The molecule has 0 radical (unpaired) electrons. The first-order valence-corrected chi connectivity index (χ1v) is 6.29. The molecule has 0 amide bonds. The number of hydrogen-bond acceptors (Lipinski definition) is 3. The molecule has 0 heterocycles. The van der Waals surface area contributed by atoms with Gasteiger partial charge in [-0.05, 0) is 18.6 Å². The van der Waals surface area contributed by atoms with Crippen molar-refractivity contribution in [3.63, 3.8) is 0 Å². The zero-order valence-electron chi connectivity index (χ0n) is 10.8. The number of carboxylic acid groups (broad SMARTS) is 1. The summed E-state index contributed by atoms with van der Waals surface area (Å²) in [5, 5.41) is 18.4. The third kappa shape index (κ3) is 3.22. The second-order valence-electron chi connectivity index (χ2n) is 4.38. The molecule has 0 aliphatic rings. The zero-order chi connectivity index (χ0) is 14.7. The molecule has 104 valence electrons. The van der Waals surface area contributed by atoms with Gasteiger partial charge >= 0.3 is 5.97 Å². The van der Waals surface area contributed by atoms with Gasteiger partial charge in [-0.3, -0.25) is 0 Å². The molecule has 0 aliphatic heterocycles. The number of aromatic hydroxyl groups is 1. The maximum atomic E-state index is 11.0. The first kappa shape index (κ1) is 14.2. The number of carboxylic acids is 1. The van der Waals surface area contributed by atoms with Gasteiger partial charge in [0.25, 0.3) is 0 Å². The molecule has 4 nitrogen and oxygen atoms in total. The lowest BCUT2D eigenvalue weighted by molar-refractivity contribution is 0.0693. The van der Waals surface area contributed by atoms with Gasteiger partial charge in [0.15, 0.2) is 0 Å². The highest BCUT2D eigenvalue weighted by atomic mass is 35.5. The number of aryl methyl sites for hydroxylation is 1. The van der Waals surface area contributed by atoms with E-state index in [1.807, 2.05) is 31.2 Å². The summed E-state index contributed by atoms with van der Waals surface area (Å²) in [4.78, 5) is 11.0. The summed E-state index contributed by atoms with van der Waals surface area (Å²) in [5.41, 5.74) is 1.82. The molecule has 0 unspecified atom stereocenters. The Bertz CT molecular complexity index is 635. The van der Waals surface area contributed by atoms with Crippen LogP contribution in [0.3, 0.4) is 0 Å². The molecule has 0 aromatic heterocycles. The van der Waals surface area contributed by atoms with Crippen molar-refractivity contribution >= 4 is 17.6 Å². The van der Waals surface area contributed by atoms with Crippen molar-refractivity contribution in [1.82, 2.24) is 0 Å². The largest absolute Gasteiger partial charge is 0.505 e. The third-order valence-electron chi connectivity index (χ3n) is 2.79. The lowest BCUT2D eigenvalue weighted by Gasteiger charge is -2.09. The van der Waals surface area contributed by atoms with E-state index >= 15 is 0 Å². The van der Waals surface area contributed by atoms with Crippen LogP contribution in [0.2, 0.25) is 5.02 Å². The van der Waals surface area contributed by atoms with Crippen LogP contribution in [0.25, 0.3) is 0 Å². The number of rotatable bonds is 4. The third-order valence-corrected chi connectivity index (χ3v) is 3.08. The predicted octanol–water partition coefficient (Wildman–Crippen LogP) is 3.63. The Morgan fingerprint density at radius 1 is 1.25 bits per heavy atom. The molecular formula is C15H13ClO4. The van der Waals surface area contributed by atoms with Gasteiger partial charge in [0, 0.05) is 6.07 Å². The second-order valence-corrected chi connectivity index (χ2v) is 4.79. The first-order valence-electron chi connectivity index (χ1n) is 5.91. The Hall–Kier alpha value is -2.20. The quantitative estimate of drug-likeness (QED) is 0.903. The van der Waals surface area contributed by atoms with Crippen LogP contribution in [0.4, 0.5) is 0 Å². The van der Waals surface area contributed by atoms with E-state index in [1.54, 1.807) is 0 Å². The molecule has 2 rings (SSSR count). The van der Waals surface area contributed by atoms with Crippen molar-refractivity contribution in [3.8, 4) is 11.5 Å². The number of phenols is 1. The molecule has 0 aliphatic carbocycles. The van der Waals surface area contributed by atoms with Crippen LogP contribution < -0.4 is 4.74 Å². The van der Waals surface area contributed by atoms with Crippen molar-refractivity contribution in [2.24, 2.45) is 0 Å². The summed E-state index contributed by atoms with van der Waals surface area (Å²) in [6, 6.07) is 10.4. The van der Waals surface area contributed by atoms with E-state index in [9.17, 15) is 9.90 Å². The van der Waals surface area contributed by atoms with E-state index in [-0.39, 0.29) is 10.6 Å². The second kappa shape index (κ2) is 5.84. The normalized spacial score (nSPS) is 10.3. The van der Waals surface area contributed by atoms with Gasteiger partial charge < -0.3 is 14.9 Å². The molecular weight excluding hydrogens is 280 g/mol. The van der Waals surface area contributed by atoms with E-state index in [4.69, 9.17) is 21.4 Å². The molecule has 20 heavy (non-hydrogen) atoms. The molecule has 0 atom stereocenters. The fraction of sp³-hybridized carbons (Fsp3) is 0.133. The smallest absolute Gasteiger partial charge is 0.339 e. The van der Waals surface area contributed by atoms with Crippen molar-refractivity contribution in [1.29, 1.82) is 0 Å². The van der Waals surface area contributed by atoms with E-state index in [2.05, 4.69) is 0 Å². The lowest BCUT2D eigenvalue weighted by Crippen LogP contribution is -2.00. The Kier molecular flexibility index (Phi) is 4.15. The van der Waals surface area contributed by atoms with Gasteiger partial charge in [-0.2, -0.15) is 0 Å². The van der Waals surface area contributed by atoms with Gasteiger partial charge in [-0.15, -0.1) is 0 Å². The summed E-state index contributed by atoms with van der Waals surface area (Å²) in [6.07, 6.45) is 0. The number of benzene rings is 2. The van der Waals surface area contributed by atoms with Gasteiger partial charge in [0.2, 0.25) is 0 Å². The summed E-state index contributed by atoms with van der Waals surface area (Å²) in [5.74, 6) is -1.42. The highest BCUT2D eigenvalue weighted by Crippen LogP contribution is 2.32. The van der Waals surface area contributed by atoms with E-state index in [1.165, 1.54) is 12.1 Å². The minimum atomic E-state index is -1.26. The van der Waals surface area contributed by atoms with Crippen LogP contribution in [0.1, 0.15) is 21.5 Å². The number of aromatic carboxylic acids is 1. The van der Waals surface area contributed by atoms with Crippen LogP contribution in [0.5, 0.6) is 11.5 Å². The summed E-state index contributed by atoms with van der Waals surface area (Å²) >= 11 is 5.77. The summed E-state index contributed by atoms with van der Waals surface area (Å²) in [7, 11) is 0. The van der Waals surface area contributed by atoms with Gasteiger partial charge in [0.05, 0.1) is 5.02 Å². The van der Waals surface area contributed by atoms with Crippen molar-refractivity contribution < 1.29 is 19.7 Å². The fourth-order valence-corrected chi connectivity index (χ4v) is 1.88. The highest BCUT2D eigenvalue weighted by molar-refractivity contribution is 6.32. The summed E-state index contributed by atoms with van der Waals surface area (Å²) in [6.45, 7) is 2.28. The molecule has 0 saturated heterocycles. The number of halogens is 1. The number of ether oxygens (including phenoxy) is 1. The number of carbonyl (C=O) groups is 1. The van der Waals surface area contributed by atoms with Gasteiger partial charge in [0.1, 0.15) is 23.7 Å². The highest BCUT2D eigenvalue weighted by Gasteiger charge is 2.15.